The lowest BCUT2D eigenvalue weighted by Crippen LogP contribution is -2.21. The molecular weight excluding hydrogens is 356 g/mol. The standard InChI is InChI=1S/C21H20N4O3/c1-25(11-8-15-6-9-22-10-7-15)17-3-4-18(23-13-17)21(26)24-16-2-5-19-20(12-16)28-14-27-19/h2-7,9-10,12-13H,8,11,14H2,1H3,(H,24,26). The highest BCUT2D eigenvalue weighted by Gasteiger charge is 2.15. The van der Waals surface area contributed by atoms with E-state index in [0.29, 0.717) is 22.9 Å². The summed E-state index contributed by atoms with van der Waals surface area (Å²) in [5.74, 6) is 1.03. The highest BCUT2D eigenvalue weighted by Crippen LogP contribution is 2.34. The number of rotatable bonds is 6. The normalized spacial score (nSPS) is 11.9. The first-order chi connectivity index (χ1) is 13.7. The maximum absolute atomic E-state index is 12.4. The molecule has 28 heavy (non-hydrogen) atoms. The van der Waals surface area contributed by atoms with Crippen molar-refractivity contribution in [3.8, 4) is 11.5 Å². The van der Waals surface area contributed by atoms with E-state index in [1.54, 1.807) is 42.9 Å². The lowest BCUT2D eigenvalue weighted by molar-refractivity contribution is 0.102. The number of nitrogens with one attached hydrogen (secondary N) is 1. The average Bonchev–Trinajstić information content (AvgIpc) is 3.21. The van der Waals surface area contributed by atoms with Gasteiger partial charge in [0.25, 0.3) is 5.91 Å². The summed E-state index contributed by atoms with van der Waals surface area (Å²) in [6.07, 6.45) is 6.21. The van der Waals surface area contributed by atoms with Crippen LogP contribution in [0.15, 0.2) is 61.1 Å². The van der Waals surface area contributed by atoms with Gasteiger partial charge in [0.05, 0.1) is 11.9 Å². The lowest BCUT2D eigenvalue weighted by atomic mass is 10.2. The summed E-state index contributed by atoms with van der Waals surface area (Å²) in [6.45, 7) is 1.04. The van der Waals surface area contributed by atoms with Gasteiger partial charge in [-0.2, -0.15) is 0 Å². The molecule has 0 aliphatic carbocycles. The molecule has 0 unspecified atom stereocenters. The molecule has 7 heteroatoms. The number of pyridine rings is 2. The number of hydrogen-bond acceptors (Lipinski definition) is 6. The Bertz CT molecular complexity index is 961. The highest BCUT2D eigenvalue weighted by atomic mass is 16.7. The Kier molecular flexibility index (Phi) is 5.05. The number of hydrogen-bond donors (Lipinski definition) is 1. The van der Waals surface area contributed by atoms with E-state index in [-0.39, 0.29) is 12.7 Å². The van der Waals surface area contributed by atoms with Gasteiger partial charge >= 0.3 is 0 Å². The van der Waals surface area contributed by atoms with Crippen molar-refractivity contribution >= 4 is 17.3 Å². The third-order valence-corrected chi connectivity index (χ3v) is 4.54. The summed E-state index contributed by atoms with van der Waals surface area (Å²) in [5, 5.41) is 2.83. The van der Waals surface area contributed by atoms with Crippen molar-refractivity contribution in [3.63, 3.8) is 0 Å². The zero-order chi connectivity index (χ0) is 19.3. The minimum Gasteiger partial charge on any atom is -0.454 e. The van der Waals surface area contributed by atoms with E-state index in [1.807, 2.05) is 25.2 Å². The van der Waals surface area contributed by atoms with Crippen LogP contribution in [-0.4, -0.2) is 36.3 Å². The summed E-state index contributed by atoms with van der Waals surface area (Å²) in [7, 11) is 2.00. The molecule has 3 aromatic rings. The fourth-order valence-corrected chi connectivity index (χ4v) is 2.89. The van der Waals surface area contributed by atoms with E-state index in [9.17, 15) is 4.79 Å². The quantitative estimate of drug-likeness (QED) is 0.712. The molecule has 0 spiro atoms. The predicted octanol–water partition coefficient (Wildman–Crippen LogP) is 3.14. The number of carbonyl (C=O) groups is 1. The molecule has 0 bridgehead atoms. The van der Waals surface area contributed by atoms with E-state index >= 15 is 0 Å². The predicted molar refractivity (Wildman–Crippen MR) is 106 cm³/mol. The van der Waals surface area contributed by atoms with Crippen LogP contribution in [0.4, 0.5) is 11.4 Å². The number of ether oxygens (including phenoxy) is 2. The van der Waals surface area contributed by atoms with Crippen LogP contribution in [0, 0.1) is 0 Å². The molecule has 0 saturated carbocycles. The summed E-state index contributed by atoms with van der Waals surface area (Å²) in [4.78, 5) is 22.9. The van der Waals surface area contributed by atoms with Crippen molar-refractivity contribution in [1.29, 1.82) is 0 Å². The molecule has 0 saturated heterocycles. The van der Waals surface area contributed by atoms with Crippen LogP contribution in [0.3, 0.4) is 0 Å². The van der Waals surface area contributed by atoms with Gasteiger partial charge in [0.1, 0.15) is 5.69 Å². The zero-order valence-electron chi connectivity index (χ0n) is 15.5. The number of amides is 1. The Labute approximate surface area is 163 Å². The Hall–Kier alpha value is -3.61. The zero-order valence-corrected chi connectivity index (χ0v) is 15.5. The third kappa shape index (κ3) is 4.03. The number of benzene rings is 1. The topological polar surface area (TPSA) is 76.6 Å². The molecule has 1 aliphatic rings. The highest BCUT2D eigenvalue weighted by molar-refractivity contribution is 6.03. The van der Waals surface area contributed by atoms with Crippen molar-refractivity contribution in [2.75, 3.05) is 30.6 Å². The van der Waals surface area contributed by atoms with Crippen LogP contribution in [-0.2, 0) is 6.42 Å². The minimum absolute atomic E-state index is 0.199. The van der Waals surface area contributed by atoms with Crippen molar-refractivity contribution in [2.45, 2.75) is 6.42 Å². The summed E-state index contributed by atoms with van der Waals surface area (Å²) in [6, 6.07) is 12.9. The maximum atomic E-state index is 12.4. The van der Waals surface area contributed by atoms with E-state index in [0.717, 1.165) is 18.7 Å². The Morgan fingerprint density at radius 2 is 1.93 bits per heavy atom. The Morgan fingerprint density at radius 3 is 2.71 bits per heavy atom. The second-order valence-electron chi connectivity index (χ2n) is 6.45. The van der Waals surface area contributed by atoms with Gasteiger partial charge in [-0.25, -0.2) is 4.98 Å². The summed E-state index contributed by atoms with van der Waals surface area (Å²) in [5.41, 5.74) is 3.17. The first-order valence-corrected chi connectivity index (χ1v) is 8.96. The molecule has 3 heterocycles. The van der Waals surface area contributed by atoms with Gasteiger partial charge in [-0.15, -0.1) is 0 Å². The number of anilines is 2. The second kappa shape index (κ2) is 7.96. The number of fused-ring (bicyclic) bond motifs is 1. The number of aromatic nitrogens is 2. The Morgan fingerprint density at radius 1 is 1.11 bits per heavy atom. The van der Waals surface area contributed by atoms with E-state index < -0.39 is 0 Å². The van der Waals surface area contributed by atoms with Crippen LogP contribution in [0.2, 0.25) is 0 Å². The van der Waals surface area contributed by atoms with Crippen molar-refractivity contribution in [2.24, 2.45) is 0 Å². The van der Waals surface area contributed by atoms with E-state index in [4.69, 9.17) is 9.47 Å². The molecule has 142 valence electrons. The number of carbonyl (C=O) groups excluding carboxylic acids is 1. The monoisotopic (exact) mass is 376 g/mol. The molecule has 0 radical (unpaired) electrons. The second-order valence-corrected chi connectivity index (χ2v) is 6.45. The molecule has 7 nitrogen and oxygen atoms in total. The van der Waals surface area contributed by atoms with Crippen LogP contribution < -0.4 is 19.7 Å². The van der Waals surface area contributed by atoms with Gasteiger partial charge in [-0.1, -0.05) is 0 Å². The average molecular weight is 376 g/mol. The fourth-order valence-electron chi connectivity index (χ4n) is 2.89. The lowest BCUT2D eigenvalue weighted by Gasteiger charge is -2.19. The SMILES string of the molecule is CN(CCc1ccncc1)c1ccc(C(=O)Nc2ccc3c(c2)OCO3)nc1. The summed E-state index contributed by atoms with van der Waals surface area (Å²) >= 11 is 0. The molecule has 4 rings (SSSR count). The minimum atomic E-state index is -0.273. The van der Waals surface area contributed by atoms with Crippen molar-refractivity contribution in [3.05, 3.63) is 72.3 Å². The van der Waals surface area contributed by atoms with Gasteiger partial charge in [0.2, 0.25) is 6.79 Å². The molecule has 1 N–H and O–H groups in total. The van der Waals surface area contributed by atoms with Gasteiger partial charge < -0.3 is 19.7 Å². The first-order valence-electron chi connectivity index (χ1n) is 8.96. The maximum Gasteiger partial charge on any atom is 0.274 e. The molecule has 1 aliphatic heterocycles. The van der Waals surface area contributed by atoms with Gasteiger partial charge in [-0.3, -0.25) is 9.78 Å². The van der Waals surface area contributed by atoms with E-state index in [1.165, 1.54) is 5.56 Å². The molecule has 0 atom stereocenters. The molecule has 2 aromatic heterocycles. The van der Waals surface area contributed by atoms with Crippen molar-refractivity contribution < 1.29 is 14.3 Å². The smallest absolute Gasteiger partial charge is 0.274 e. The van der Waals surface area contributed by atoms with Gasteiger partial charge in [-0.05, 0) is 48.4 Å². The van der Waals surface area contributed by atoms with Crippen LogP contribution in [0.1, 0.15) is 16.1 Å². The first kappa shape index (κ1) is 17.8. The summed E-state index contributed by atoms with van der Waals surface area (Å²) < 4.78 is 10.6. The number of nitrogens with zero attached hydrogens (tertiary/aromatic N) is 3. The molecule has 1 amide bonds. The molecule has 0 fully saturated rings. The molecule has 1 aromatic carbocycles. The van der Waals surface area contributed by atoms with E-state index in [2.05, 4.69) is 20.2 Å². The van der Waals surface area contributed by atoms with Crippen LogP contribution >= 0.6 is 0 Å². The van der Waals surface area contributed by atoms with Gasteiger partial charge in [0.15, 0.2) is 11.5 Å². The van der Waals surface area contributed by atoms with Crippen molar-refractivity contribution in [1.82, 2.24) is 9.97 Å². The van der Waals surface area contributed by atoms with Gasteiger partial charge in [0, 0.05) is 37.7 Å². The largest absolute Gasteiger partial charge is 0.454 e. The van der Waals surface area contributed by atoms with Crippen LogP contribution in [0.25, 0.3) is 0 Å². The third-order valence-electron chi connectivity index (χ3n) is 4.54. The fraction of sp³-hybridized carbons (Fsp3) is 0.190. The Balaban J connectivity index is 1.36. The van der Waals surface area contributed by atoms with Crippen LogP contribution in [0.5, 0.6) is 11.5 Å². The number of likely N-dealkylation sites (N-methyl/N-ethyl adjacent to an activating group) is 1. The molecular formula is C21H20N4O3.